The number of nitrogens with one attached hydrogen (secondary N) is 1. The van der Waals surface area contributed by atoms with Gasteiger partial charge in [-0.15, -0.1) is 0 Å². The Bertz CT molecular complexity index is 981. The van der Waals surface area contributed by atoms with Gasteiger partial charge in [0.05, 0.1) is 16.1 Å². The number of aromatic nitrogens is 2. The van der Waals surface area contributed by atoms with Crippen LogP contribution in [0.4, 0.5) is 18.3 Å². The van der Waals surface area contributed by atoms with Crippen LogP contribution in [0.1, 0.15) is 19.4 Å². The minimum Gasteiger partial charge on any atom is -0.619 e. The molecule has 0 saturated heterocycles. The SMILES string of the molecule is CC(C)C(=O)Nc1nc(-c2ccc(C(F)(F)F)cc2)c(-c2cc[n+]([O-])cc2)s1. The fourth-order valence-corrected chi connectivity index (χ4v) is 3.39. The number of nitrogens with zero attached hydrogens (tertiary/aromatic N) is 2. The van der Waals surface area contributed by atoms with E-state index in [9.17, 15) is 23.2 Å². The van der Waals surface area contributed by atoms with Crippen molar-refractivity contribution in [3.8, 4) is 21.7 Å². The highest BCUT2D eigenvalue weighted by atomic mass is 32.1. The van der Waals surface area contributed by atoms with E-state index in [4.69, 9.17) is 0 Å². The maximum atomic E-state index is 12.8. The Hall–Kier alpha value is -2.94. The third-order valence-electron chi connectivity index (χ3n) is 3.93. The van der Waals surface area contributed by atoms with Crippen molar-refractivity contribution in [2.24, 2.45) is 5.92 Å². The molecule has 1 aromatic carbocycles. The molecule has 1 N–H and O–H groups in total. The van der Waals surface area contributed by atoms with Gasteiger partial charge in [0.25, 0.3) is 0 Å². The van der Waals surface area contributed by atoms with Crippen LogP contribution in [0.15, 0.2) is 48.8 Å². The molecule has 2 aromatic heterocycles. The van der Waals surface area contributed by atoms with Crippen LogP contribution in [0.25, 0.3) is 21.7 Å². The number of alkyl halides is 3. The molecule has 3 rings (SSSR count). The second kappa shape index (κ2) is 7.59. The minimum atomic E-state index is -4.43. The van der Waals surface area contributed by atoms with Gasteiger partial charge in [0.2, 0.25) is 5.91 Å². The molecule has 0 bridgehead atoms. The largest absolute Gasteiger partial charge is 0.619 e. The van der Waals surface area contributed by atoms with Gasteiger partial charge in [-0.25, -0.2) is 4.98 Å². The lowest BCUT2D eigenvalue weighted by Crippen LogP contribution is -2.23. The number of carbonyl (C=O) groups excluding carboxylic acids is 1. The average Bonchev–Trinajstić information content (AvgIpc) is 3.05. The summed E-state index contributed by atoms with van der Waals surface area (Å²) >= 11 is 1.19. The molecule has 0 atom stereocenters. The van der Waals surface area contributed by atoms with E-state index < -0.39 is 11.7 Å². The van der Waals surface area contributed by atoms with Crippen molar-refractivity contribution in [3.05, 3.63) is 59.6 Å². The van der Waals surface area contributed by atoms with Crippen LogP contribution in [-0.2, 0) is 11.0 Å². The highest BCUT2D eigenvalue weighted by Gasteiger charge is 2.30. The number of benzene rings is 1. The fraction of sp³-hybridized carbons (Fsp3) is 0.211. The van der Waals surface area contributed by atoms with E-state index in [2.05, 4.69) is 10.3 Å². The van der Waals surface area contributed by atoms with Crippen molar-refractivity contribution < 1.29 is 22.7 Å². The maximum Gasteiger partial charge on any atom is 0.416 e. The monoisotopic (exact) mass is 407 g/mol. The number of thiazole rings is 1. The molecule has 0 aliphatic heterocycles. The number of hydrogen-bond donors (Lipinski definition) is 1. The van der Waals surface area contributed by atoms with E-state index in [0.717, 1.165) is 12.1 Å². The van der Waals surface area contributed by atoms with Crippen LogP contribution in [0.3, 0.4) is 0 Å². The van der Waals surface area contributed by atoms with Gasteiger partial charge < -0.3 is 10.5 Å². The van der Waals surface area contributed by atoms with Crippen LogP contribution in [0, 0.1) is 11.1 Å². The molecule has 0 unspecified atom stereocenters. The lowest BCUT2D eigenvalue weighted by Gasteiger charge is -2.07. The number of carbonyl (C=O) groups is 1. The quantitative estimate of drug-likeness (QED) is 0.502. The smallest absolute Gasteiger partial charge is 0.416 e. The first-order chi connectivity index (χ1) is 13.1. The van der Waals surface area contributed by atoms with E-state index >= 15 is 0 Å². The summed E-state index contributed by atoms with van der Waals surface area (Å²) in [4.78, 5) is 17.0. The summed E-state index contributed by atoms with van der Waals surface area (Å²) in [6.07, 6.45) is -1.79. The third-order valence-corrected chi connectivity index (χ3v) is 4.95. The number of halogens is 3. The van der Waals surface area contributed by atoms with Crippen LogP contribution >= 0.6 is 11.3 Å². The number of amides is 1. The molecule has 9 heteroatoms. The van der Waals surface area contributed by atoms with Crippen LogP contribution < -0.4 is 10.0 Å². The molecule has 146 valence electrons. The molecule has 0 fully saturated rings. The molecule has 0 spiro atoms. The van der Waals surface area contributed by atoms with Crippen LogP contribution in [0.5, 0.6) is 0 Å². The van der Waals surface area contributed by atoms with Gasteiger partial charge in [0.15, 0.2) is 17.5 Å². The van der Waals surface area contributed by atoms with Gasteiger partial charge in [0, 0.05) is 29.2 Å². The van der Waals surface area contributed by atoms with Crippen molar-refractivity contribution in [3.63, 3.8) is 0 Å². The zero-order valence-electron chi connectivity index (χ0n) is 14.9. The van der Waals surface area contributed by atoms with E-state index in [1.54, 1.807) is 26.0 Å². The number of rotatable bonds is 4. The third kappa shape index (κ3) is 4.30. The summed E-state index contributed by atoms with van der Waals surface area (Å²) in [7, 11) is 0. The predicted molar refractivity (Wildman–Crippen MR) is 100 cm³/mol. The lowest BCUT2D eigenvalue weighted by atomic mass is 10.1. The van der Waals surface area contributed by atoms with Crippen molar-refractivity contribution >= 4 is 22.4 Å². The molecule has 0 radical (unpaired) electrons. The fourth-order valence-electron chi connectivity index (χ4n) is 2.40. The van der Waals surface area contributed by atoms with Gasteiger partial charge in [-0.1, -0.05) is 37.3 Å². The molecule has 5 nitrogen and oxygen atoms in total. The highest BCUT2D eigenvalue weighted by Crippen LogP contribution is 2.39. The first-order valence-corrected chi connectivity index (χ1v) is 9.15. The van der Waals surface area contributed by atoms with Crippen LogP contribution in [0.2, 0.25) is 0 Å². The van der Waals surface area contributed by atoms with Gasteiger partial charge in [-0.2, -0.15) is 17.9 Å². The molecule has 28 heavy (non-hydrogen) atoms. The summed E-state index contributed by atoms with van der Waals surface area (Å²) in [5.41, 5.74) is 0.822. The molecule has 0 aliphatic carbocycles. The van der Waals surface area contributed by atoms with Gasteiger partial charge in [-0.3, -0.25) is 4.79 Å². The van der Waals surface area contributed by atoms with Gasteiger partial charge in [0.1, 0.15) is 0 Å². The van der Waals surface area contributed by atoms with Gasteiger partial charge in [-0.05, 0) is 12.1 Å². The predicted octanol–water partition coefficient (Wildman–Crippen LogP) is 4.72. The molecule has 3 aromatic rings. The van der Waals surface area contributed by atoms with Gasteiger partial charge >= 0.3 is 6.18 Å². The topological polar surface area (TPSA) is 68.9 Å². The van der Waals surface area contributed by atoms with Crippen molar-refractivity contribution in [2.75, 3.05) is 5.32 Å². The second-order valence-corrected chi connectivity index (χ2v) is 7.36. The Labute approximate surface area is 163 Å². The Kier molecular flexibility index (Phi) is 5.37. The Morgan fingerprint density at radius 1 is 1.11 bits per heavy atom. The zero-order valence-corrected chi connectivity index (χ0v) is 15.8. The Balaban J connectivity index is 2.06. The summed E-state index contributed by atoms with van der Waals surface area (Å²) in [6.45, 7) is 3.48. The van der Waals surface area contributed by atoms with Crippen molar-refractivity contribution in [1.29, 1.82) is 0 Å². The molecule has 2 heterocycles. The summed E-state index contributed by atoms with van der Waals surface area (Å²) in [5, 5.41) is 14.4. The normalized spacial score (nSPS) is 11.6. The molecule has 0 saturated carbocycles. The molecular formula is C19H16F3N3O2S. The molecule has 1 amide bonds. The minimum absolute atomic E-state index is 0.218. The number of hydrogen-bond acceptors (Lipinski definition) is 4. The summed E-state index contributed by atoms with van der Waals surface area (Å²) in [6, 6.07) is 7.82. The zero-order chi connectivity index (χ0) is 20.5. The number of pyridine rings is 1. The van der Waals surface area contributed by atoms with Crippen LogP contribution in [-0.4, -0.2) is 10.9 Å². The Morgan fingerprint density at radius 3 is 2.25 bits per heavy atom. The first-order valence-electron chi connectivity index (χ1n) is 8.33. The first kappa shape index (κ1) is 19.8. The summed E-state index contributed by atoms with van der Waals surface area (Å²) in [5.74, 6) is -0.470. The van der Waals surface area contributed by atoms with Crippen molar-refractivity contribution in [2.45, 2.75) is 20.0 Å². The van der Waals surface area contributed by atoms with Crippen molar-refractivity contribution in [1.82, 2.24) is 4.98 Å². The lowest BCUT2D eigenvalue weighted by molar-refractivity contribution is -0.605. The molecule has 0 aliphatic rings. The average molecular weight is 407 g/mol. The Morgan fingerprint density at radius 2 is 1.71 bits per heavy atom. The van der Waals surface area contributed by atoms with E-state index in [0.29, 0.717) is 31.6 Å². The second-order valence-electron chi connectivity index (χ2n) is 6.36. The maximum absolute atomic E-state index is 12.8. The number of anilines is 1. The standard InChI is InChI=1S/C19H16F3N3O2S/c1-11(2)17(26)24-18-23-15(12-3-5-14(6-4-12)19(20,21)22)16(28-18)13-7-9-25(27)10-8-13/h3-11H,1-2H3,(H,23,24,26). The van der Waals surface area contributed by atoms with E-state index in [1.165, 1.54) is 35.9 Å². The van der Waals surface area contributed by atoms with E-state index in [1.807, 2.05) is 0 Å². The molecular weight excluding hydrogens is 391 g/mol. The van der Waals surface area contributed by atoms with E-state index in [-0.39, 0.29) is 11.8 Å². The highest BCUT2D eigenvalue weighted by molar-refractivity contribution is 7.19. The summed E-state index contributed by atoms with van der Waals surface area (Å²) < 4.78 is 39.1.